The van der Waals surface area contributed by atoms with Crippen LogP contribution in [0.25, 0.3) is 0 Å². The van der Waals surface area contributed by atoms with E-state index >= 15 is 0 Å². The summed E-state index contributed by atoms with van der Waals surface area (Å²) in [6, 6.07) is 5.72. The number of hydrogen-bond donors (Lipinski definition) is 1. The first kappa shape index (κ1) is 22.6. The van der Waals surface area contributed by atoms with Crippen molar-refractivity contribution in [2.24, 2.45) is 11.8 Å². The second-order valence-electron chi connectivity index (χ2n) is 9.81. The summed E-state index contributed by atoms with van der Waals surface area (Å²) in [6.07, 6.45) is 5.66. The molecule has 1 aromatic carbocycles. The SMILES string of the molecule is CC(C)CC(=O)N1CCN(c2ccc(NC(=O)C3CCC3)cc2C(=O)N2CCCC2)CC1. The Balaban J connectivity index is 1.50. The molecule has 0 unspecified atom stereocenters. The van der Waals surface area contributed by atoms with E-state index in [0.29, 0.717) is 49.8 Å². The maximum Gasteiger partial charge on any atom is 0.256 e. The summed E-state index contributed by atoms with van der Waals surface area (Å²) < 4.78 is 0. The average molecular weight is 441 g/mol. The summed E-state index contributed by atoms with van der Waals surface area (Å²) in [5, 5.41) is 3.02. The number of likely N-dealkylation sites (tertiary alicyclic amines) is 1. The quantitative estimate of drug-likeness (QED) is 0.736. The summed E-state index contributed by atoms with van der Waals surface area (Å²) in [7, 11) is 0. The average Bonchev–Trinajstić information content (AvgIpc) is 3.26. The van der Waals surface area contributed by atoms with E-state index in [2.05, 4.69) is 24.1 Å². The van der Waals surface area contributed by atoms with Crippen molar-refractivity contribution < 1.29 is 14.4 Å². The number of rotatable bonds is 6. The molecule has 7 nitrogen and oxygen atoms in total. The van der Waals surface area contributed by atoms with E-state index in [-0.39, 0.29) is 23.6 Å². The van der Waals surface area contributed by atoms with Crippen molar-refractivity contribution in [3.05, 3.63) is 23.8 Å². The van der Waals surface area contributed by atoms with E-state index < -0.39 is 0 Å². The Kier molecular flexibility index (Phi) is 7.01. The molecule has 3 aliphatic rings. The lowest BCUT2D eigenvalue weighted by molar-refractivity contribution is -0.132. The van der Waals surface area contributed by atoms with Crippen LogP contribution < -0.4 is 10.2 Å². The Morgan fingerprint density at radius 3 is 2.22 bits per heavy atom. The van der Waals surface area contributed by atoms with Gasteiger partial charge in [0, 0.05) is 63.0 Å². The molecule has 0 atom stereocenters. The van der Waals surface area contributed by atoms with Gasteiger partial charge in [0.05, 0.1) is 5.56 Å². The normalized spacial score (nSPS) is 19.3. The molecule has 3 fully saturated rings. The van der Waals surface area contributed by atoms with Gasteiger partial charge in [0.25, 0.3) is 5.91 Å². The minimum Gasteiger partial charge on any atom is -0.367 e. The largest absolute Gasteiger partial charge is 0.367 e. The summed E-state index contributed by atoms with van der Waals surface area (Å²) in [6.45, 7) is 8.45. The number of carbonyl (C=O) groups is 3. The van der Waals surface area contributed by atoms with Gasteiger partial charge in [-0.25, -0.2) is 0 Å². The number of anilines is 2. The van der Waals surface area contributed by atoms with Crippen LogP contribution in [-0.2, 0) is 9.59 Å². The number of amides is 3. The highest BCUT2D eigenvalue weighted by molar-refractivity contribution is 6.02. The van der Waals surface area contributed by atoms with Crippen LogP contribution in [0.1, 0.15) is 62.7 Å². The maximum atomic E-state index is 13.4. The summed E-state index contributed by atoms with van der Waals surface area (Å²) in [4.78, 5) is 44.3. The minimum atomic E-state index is 0.0376. The predicted molar refractivity (Wildman–Crippen MR) is 126 cm³/mol. The van der Waals surface area contributed by atoms with E-state index in [0.717, 1.165) is 50.9 Å². The summed E-state index contributed by atoms with van der Waals surface area (Å²) >= 11 is 0. The lowest BCUT2D eigenvalue weighted by Gasteiger charge is -2.37. The predicted octanol–water partition coefficient (Wildman–Crippen LogP) is 3.36. The van der Waals surface area contributed by atoms with Gasteiger partial charge in [0.15, 0.2) is 0 Å². The van der Waals surface area contributed by atoms with Crippen molar-refractivity contribution in [1.29, 1.82) is 0 Å². The van der Waals surface area contributed by atoms with E-state index in [1.54, 1.807) is 0 Å². The highest BCUT2D eigenvalue weighted by atomic mass is 16.2. The molecule has 32 heavy (non-hydrogen) atoms. The van der Waals surface area contributed by atoms with Gasteiger partial charge >= 0.3 is 0 Å². The van der Waals surface area contributed by atoms with Gasteiger partial charge in [-0.2, -0.15) is 0 Å². The van der Waals surface area contributed by atoms with Gasteiger partial charge in [-0.15, -0.1) is 0 Å². The molecular weight excluding hydrogens is 404 g/mol. The monoisotopic (exact) mass is 440 g/mol. The summed E-state index contributed by atoms with van der Waals surface area (Å²) in [5.41, 5.74) is 2.25. The van der Waals surface area contributed by atoms with Crippen LogP contribution in [-0.4, -0.2) is 66.8 Å². The molecule has 7 heteroatoms. The number of hydrogen-bond acceptors (Lipinski definition) is 4. The molecule has 1 N–H and O–H groups in total. The van der Waals surface area contributed by atoms with Crippen molar-refractivity contribution in [3.8, 4) is 0 Å². The molecule has 3 amide bonds. The van der Waals surface area contributed by atoms with Crippen LogP contribution in [0.3, 0.4) is 0 Å². The molecule has 2 aliphatic heterocycles. The van der Waals surface area contributed by atoms with Crippen molar-refractivity contribution in [3.63, 3.8) is 0 Å². The van der Waals surface area contributed by atoms with Crippen LogP contribution in [0.4, 0.5) is 11.4 Å². The van der Waals surface area contributed by atoms with Crippen LogP contribution in [0.15, 0.2) is 18.2 Å². The molecule has 1 saturated carbocycles. The molecule has 2 heterocycles. The molecule has 0 spiro atoms. The lowest BCUT2D eigenvalue weighted by atomic mass is 9.85. The van der Waals surface area contributed by atoms with E-state index in [1.807, 2.05) is 28.0 Å². The molecule has 4 rings (SSSR count). The number of nitrogens with one attached hydrogen (secondary N) is 1. The van der Waals surface area contributed by atoms with Gasteiger partial charge in [0.2, 0.25) is 11.8 Å². The Labute approximate surface area is 191 Å². The second-order valence-corrected chi connectivity index (χ2v) is 9.81. The maximum absolute atomic E-state index is 13.4. The number of piperazine rings is 1. The van der Waals surface area contributed by atoms with Crippen LogP contribution in [0.5, 0.6) is 0 Å². The number of benzene rings is 1. The fourth-order valence-corrected chi connectivity index (χ4v) is 4.74. The number of carbonyl (C=O) groups excluding carboxylic acids is 3. The molecular formula is C25H36N4O3. The highest BCUT2D eigenvalue weighted by Crippen LogP contribution is 2.31. The molecule has 1 aliphatic carbocycles. The topological polar surface area (TPSA) is 73.0 Å². The molecule has 1 aromatic rings. The lowest BCUT2D eigenvalue weighted by Crippen LogP contribution is -2.49. The van der Waals surface area contributed by atoms with Crippen molar-refractivity contribution in [2.45, 2.75) is 52.4 Å². The van der Waals surface area contributed by atoms with Crippen LogP contribution in [0, 0.1) is 11.8 Å². The standard InChI is InChI=1S/C25H36N4O3/c1-18(2)16-23(30)28-14-12-27(13-15-28)22-9-8-20(26-24(31)19-6-5-7-19)17-21(22)25(32)29-10-3-4-11-29/h8-9,17-19H,3-7,10-16H2,1-2H3,(H,26,31). The third-order valence-corrected chi connectivity index (χ3v) is 6.92. The highest BCUT2D eigenvalue weighted by Gasteiger charge is 2.29. The van der Waals surface area contributed by atoms with Gasteiger partial charge in [0.1, 0.15) is 0 Å². The molecule has 2 saturated heterocycles. The zero-order valence-corrected chi connectivity index (χ0v) is 19.4. The Morgan fingerprint density at radius 1 is 0.938 bits per heavy atom. The molecule has 0 bridgehead atoms. The minimum absolute atomic E-state index is 0.0376. The second kappa shape index (κ2) is 9.92. The van der Waals surface area contributed by atoms with Gasteiger partial charge in [-0.3, -0.25) is 14.4 Å². The Bertz CT molecular complexity index is 851. The van der Waals surface area contributed by atoms with E-state index in [1.165, 1.54) is 0 Å². The van der Waals surface area contributed by atoms with Crippen LogP contribution in [0.2, 0.25) is 0 Å². The number of nitrogens with zero attached hydrogens (tertiary/aromatic N) is 3. The molecule has 0 aromatic heterocycles. The fraction of sp³-hybridized carbons (Fsp3) is 0.640. The zero-order chi connectivity index (χ0) is 22.7. The van der Waals surface area contributed by atoms with E-state index in [9.17, 15) is 14.4 Å². The van der Waals surface area contributed by atoms with E-state index in [4.69, 9.17) is 0 Å². The molecule has 174 valence electrons. The first-order valence-electron chi connectivity index (χ1n) is 12.2. The van der Waals surface area contributed by atoms with Gasteiger partial charge < -0.3 is 20.0 Å². The summed E-state index contributed by atoms with van der Waals surface area (Å²) in [5.74, 6) is 0.759. The van der Waals surface area contributed by atoms with Crippen molar-refractivity contribution in [2.75, 3.05) is 49.5 Å². The fourth-order valence-electron chi connectivity index (χ4n) is 4.74. The third-order valence-electron chi connectivity index (χ3n) is 6.92. The van der Waals surface area contributed by atoms with Crippen molar-refractivity contribution >= 4 is 29.1 Å². The van der Waals surface area contributed by atoms with Gasteiger partial charge in [-0.1, -0.05) is 20.3 Å². The van der Waals surface area contributed by atoms with Crippen LogP contribution >= 0.6 is 0 Å². The Morgan fingerprint density at radius 2 is 1.62 bits per heavy atom. The molecule has 0 radical (unpaired) electrons. The van der Waals surface area contributed by atoms with Gasteiger partial charge in [-0.05, 0) is 49.8 Å². The van der Waals surface area contributed by atoms with Crippen molar-refractivity contribution in [1.82, 2.24) is 9.80 Å². The zero-order valence-electron chi connectivity index (χ0n) is 19.4. The Hall–Kier alpha value is -2.57. The first-order chi connectivity index (χ1) is 15.4. The smallest absolute Gasteiger partial charge is 0.256 e. The third kappa shape index (κ3) is 5.08. The first-order valence-corrected chi connectivity index (χ1v) is 12.2.